The van der Waals surface area contributed by atoms with Crippen LogP contribution in [0.4, 0.5) is 0 Å². The predicted molar refractivity (Wildman–Crippen MR) is 89.6 cm³/mol. The van der Waals surface area contributed by atoms with Crippen molar-refractivity contribution in [2.75, 3.05) is 26.2 Å². The third-order valence-electron chi connectivity index (χ3n) is 4.96. The van der Waals surface area contributed by atoms with Crippen LogP contribution in [0.15, 0.2) is 18.5 Å². The van der Waals surface area contributed by atoms with Gasteiger partial charge in [-0.1, -0.05) is 0 Å². The molecule has 0 saturated carbocycles. The summed E-state index contributed by atoms with van der Waals surface area (Å²) in [5.74, 6) is 0.923. The van der Waals surface area contributed by atoms with E-state index in [4.69, 9.17) is 4.74 Å². The van der Waals surface area contributed by atoms with Crippen LogP contribution < -0.4 is 4.74 Å². The van der Waals surface area contributed by atoms with Crippen LogP contribution >= 0.6 is 0 Å². The predicted octanol–water partition coefficient (Wildman–Crippen LogP) is 1.63. The monoisotopic (exact) mass is 331 g/mol. The topological polar surface area (TPSA) is 62.7 Å². The van der Waals surface area contributed by atoms with E-state index in [0.717, 1.165) is 24.2 Å². The summed E-state index contributed by atoms with van der Waals surface area (Å²) < 4.78 is 6.05. The Hall–Kier alpha value is -2.11. The number of carbonyl (C=O) groups is 2. The number of hydrogen-bond acceptors (Lipinski definition) is 4. The van der Waals surface area contributed by atoms with E-state index in [0.29, 0.717) is 32.6 Å². The fourth-order valence-corrected chi connectivity index (χ4v) is 3.47. The first kappa shape index (κ1) is 16.7. The largest absolute Gasteiger partial charge is 0.490 e. The quantitative estimate of drug-likeness (QED) is 0.841. The molecular weight excluding hydrogens is 306 g/mol. The van der Waals surface area contributed by atoms with Gasteiger partial charge >= 0.3 is 0 Å². The zero-order chi connectivity index (χ0) is 17.1. The molecule has 0 aromatic carbocycles. The molecule has 2 aliphatic heterocycles. The van der Waals surface area contributed by atoms with Gasteiger partial charge in [-0.25, -0.2) is 0 Å². The zero-order valence-electron chi connectivity index (χ0n) is 14.4. The maximum absolute atomic E-state index is 12.6. The van der Waals surface area contributed by atoms with E-state index in [1.807, 2.05) is 24.8 Å². The molecule has 0 bridgehead atoms. The smallest absolute Gasteiger partial charge is 0.227 e. The molecule has 2 saturated heterocycles. The molecule has 0 spiro atoms. The van der Waals surface area contributed by atoms with Crippen LogP contribution in [0.2, 0.25) is 0 Å². The van der Waals surface area contributed by atoms with Gasteiger partial charge in [0, 0.05) is 63.4 Å². The third-order valence-corrected chi connectivity index (χ3v) is 4.96. The van der Waals surface area contributed by atoms with Crippen LogP contribution in [-0.2, 0) is 9.59 Å². The summed E-state index contributed by atoms with van der Waals surface area (Å²) in [5, 5.41) is 0. The molecule has 0 radical (unpaired) electrons. The number of amides is 2. The van der Waals surface area contributed by atoms with Crippen LogP contribution in [0.1, 0.15) is 31.7 Å². The Kier molecular flexibility index (Phi) is 5.02. The van der Waals surface area contributed by atoms with Crippen molar-refractivity contribution < 1.29 is 14.3 Å². The van der Waals surface area contributed by atoms with E-state index >= 15 is 0 Å². The molecule has 1 aromatic heterocycles. The van der Waals surface area contributed by atoms with E-state index in [2.05, 4.69) is 4.98 Å². The second-order valence-corrected chi connectivity index (χ2v) is 6.62. The minimum atomic E-state index is -0.169. The van der Waals surface area contributed by atoms with E-state index in [1.165, 1.54) is 0 Å². The van der Waals surface area contributed by atoms with Crippen LogP contribution in [0.5, 0.6) is 5.75 Å². The van der Waals surface area contributed by atoms with Crippen molar-refractivity contribution in [2.45, 2.75) is 39.2 Å². The number of hydrogen-bond donors (Lipinski definition) is 0. The molecule has 3 heterocycles. The molecule has 1 aromatic rings. The van der Waals surface area contributed by atoms with Crippen molar-refractivity contribution in [2.24, 2.45) is 5.92 Å². The van der Waals surface area contributed by atoms with Crippen LogP contribution in [0.25, 0.3) is 0 Å². The molecular formula is C18H25N3O3. The average molecular weight is 331 g/mol. The number of piperidine rings is 1. The summed E-state index contributed by atoms with van der Waals surface area (Å²) >= 11 is 0. The van der Waals surface area contributed by atoms with Gasteiger partial charge in [0.15, 0.2) is 0 Å². The lowest BCUT2D eigenvalue weighted by Gasteiger charge is -2.33. The van der Waals surface area contributed by atoms with Gasteiger partial charge in [-0.2, -0.15) is 0 Å². The second kappa shape index (κ2) is 7.20. The second-order valence-electron chi connectivity index (χ2n) is 6.62. The molecule has 0 aliphatic carbocycles. The Balaban J connectivity index is 1.51. The fraction of sp³-hybridized carbons (Fsp3) is 0.611. The molecule has 0 N–H and O–H groups in total. The first-order valence-corrected chi connectivity index (χ1v) is 8.72. The highest BCUT2D eigenvalue weighted by atomic mass is 16.5. The number of nitrogens with zero attached hydrogens (tertiary/aromatic N) is 3. The summed E-state index contributed by atoms with van der Waals surface area (Å²) in [6, 6.07) is 1.89. The fourth-order valence-electron chi connectivity index (χ4n) is 3.47. The van der Waals surface area contributed by atoms with Gasteiger partial charge in [0.05, 0.1) is 5.92 Å². The molecule has 6 nitrogen and oxygen atoms in total. The number of ether oxygens (including phenoxy) is 1. The summed E-state index contributed by atoms with van der Waals surface area (Å²) in [5.41, 5.74) is 1.03. The Bertz CT molecular complexity index is 611. The minimum absolute atomic E-state index is 0.0993. The van der Waals surface area contributed by atoms with E-state index in [9.17, 15) is 9.59 Å². The molecule has 2 aliphatic rings. The van der Waals surface area contributed by atoms with Crippen molar-refractivity contribution in [3.8, 4) is 5.75 Å². The Morgan fingerprint density at radius 1 is 1.38 bits per heavy atom. The highest BCUT2D eigenvalue weighted by Crippen LogP contribution is 2.24. The van der Waals surface area contributed by atoms with Crippen molar-refractivity contribution in [1.29, 1.82) is 0 Å². The van der Waals surface area contributed by atoms with Crippen LogP contribution in [0, 0.1) is 12.8 Å². The molecule has 1 atom stereocenters. The van der Waals surface area contributed by atoms with Gasteiger partial charge in [-0.15, -0.1) is 0 Å². The number of carbonyl (C=O) groups excluding carboxylic acids is 2. The van der Waals surface area contributed by atoms with Crippen molar-refractivity contribution in [1.82, 2.24) is 14.8 Å². The van der Waals surface area contributed by atoms with Crippen molar-refractivity contribution in [3.05, 3.63) is 24.0 Å². The number of likely N-dealkylation sites (tertiary alicyclic amines) is 2. The number of aryl methyl sites for hydroxylation is 1. The van der Waals surface area contributed by atoms with E-state index in [1.54, 1.807) is 17.3 Å². The maximum atomic E-state index is 12.6. The summed E-state index contributed by atoms with van der Waals surface area (Å²) in [4.78, 5) is 32.2. The lowest BCUT2D eigenvalue weighted by atomic mass is 10.0. The molecule has 6 heteroatoms. The summed E-state index contributed by atoms with van der Waals surface area (Å²) in [6.45, 7) is 6.59. The molecule has 2 fully saturated rings. The van der Waals surface area contributed by atoms with E-state index < -0.39 is 0 Å². The highest BCUT2D eigenvalue weighted by molar-refractivity contribution is 5.89. The lowest BCUT2D eigenvalue weighted by Crippen LogP contribution is -2.44. The Labute approximate surface area is 142 Å². The van der Waals surface area contributed by atoms with Gasteiger partial charge in [0.25, 0.3) is 0 Å². The number of rotatable bonds is 4. The Morgan fingerprint density at radius 2 is 2.12 bits per heavy atom. The zero-order valence-corrected chi connectivity index (χ0v) is 14.4. The van der Waals surface area contributed by atoms with E-state index in [-0.39, 0.29) is 23.8 Å². The third kappa shape index (κ3) is 3.52. The van der Waals surface area contributed by atoms with Crippen molar-refractivity contribution in [3.63, 3.8) is 0 Å². The first-order chi connectivity index (χ1) is 11.6. The highest BCUT2D eigenvalue weighted by Gasteiger charge is 2.36. The molecule has 2 amide bonds. The normalized spacial score (nSPS) is 22.1. The molecule has 24 heavy (non-hydrogen) atoms. The van der Waals surface area contributed by atoms with Gasteiger partial charge in [0.1, 0.15) is 11.9 Å². The summed E-state index contributed by atoms with van der Waals surface area (Å²) in [6.07, 6.45) is 5.67. The Morgan fingerprint density at radius 3 is 2.75 bits per heavy atom. The van der Waals surface area contributed by atoms with Crippen molar-refractivity contribution >= 4 is 11.8 Å². The molecule has 3 rings (SSSR count). The maximum Gasteiger partial charge on any atom is 0.227 e. The van der Waals surface area contributed by atoms with Gasteiger partial charge in [-0.3, -0.25) is 14.6 Å². The lowest BCUT2D eigenvalue weighted by molar-refractivity contribution is -0.137. The van der Waals surface area contributed by atoms with Gasteiger partial charge < -0.3 is 14.5 Å². The van der Waals surface area contributed by atoms with Crippen LogP contribution in [0.3, 0.4) is 0 Å². The standard InChI is InChI=1S/C18H25N3O3/c1-3-20-12-14(10-17(20)22)18(23)21-8-5-15(6-9-21)24-16-4-7-19-11-13(16)2/h4,7,11,14-15H,3,5-6,8-10,12H2,1-2H3/t14-/m0/s1. The minimum Gasteiger partial charge on any atom is -0.490 e. The van der Waals surface area contributed by atoms with Gasteiger partial charge in [-0.05, 0) is 19.9 Å². The van der Waals surface area contributed by atoms with Crippen LogP contribution in [-0.4, -0.2) is 58.9 Å². The summed E-state index contributed by atoms with van der Waals surface area (Å²) in [7, 11) is 0. The molecule has 0 unspecified atom stereocenters. The first-order valence-electron chi connectivity index (χ1n) is 8.72. The molecule has 130 valence electrons. The average Bonchev–Trinajstić information content (AvgIpc) is 2.98. The number of aromatic nitrogens is 1. The van der Waals surface area contributed by atoms with Gasteiger partial charge in [0.2, 0.25) is 11.8 Å². The number of pyridine rings is 1. The SMILES string of the molecule is CCN1C[C@@H](C(=O)N2CCC(Oc3ccncc3C)CC2)CC1=O.